The van der Waals surface area contributed by atoms with E-state index in [2.05, 4.69) is 9.88 Å². The van der Waals surface area contributed by atoms with E-state index in [4.69, 9.17) is 4.74 Å². The molecule has 26 heavy (non-hydrogen) atoms. The van der Waals surface area contributed by atoms with Gasteiger partial charge in [-0.3, -0.25) is 9.59 Å². The fraction of sp³-hybridized carbons (Fsp3) is 0.500. The molecular formula is C20H27N3O3. The van der Waals surface area contributed by atoms with Crippen LogP contribution in [0.4, 0.5) is 0 Å². The van der Waals surface area contributed by atoms with Gasteiger partial charge in [-0.2, -0.15) is 0 Å². The third-order valence-corrected chi connectivity index (χ3v) is 4.86. The van der Waals surface area contributed by atoms with Gasteiger partial charge in [0.25, 0.3) is 5.91 Å². The molecule has 0 radical (unpaired) electrons. The number of hydrogen-bond acceptors (Lipinski definition) is 3. The topological polar surface area (TPSA) is 63.6 Å². The van der Waals surface area contributed by atoms with Gasteiger partial charge < -0.3 is 19.5 Å². The van der Waals surface area contributed by atoms with Crippen molar-refractivity contribution < 1.29 is 14.3 Å². The third kappa shape index (κ3) is 3.60. The molecule has 1 aliphatic rings. The number of nitrogens with zero attached hydrogens (tertiary/aromatic N) is 2. The van der Waals surface area contributed by atoms with Gasteiger partial charge in [0.1, 0.15) is 0 Å². The summed E-state index contributed by atoms with van der Waals surface area (Å²) in [6.45, 7) is 7.95. The number of ether oxygens (including phenoxy) is 1. The maximum atomic E-state index is 12.8. The Bertz CT molecular complexity index is 819. The van der Waals surface area contributed by atoms with Gasteiger partial charge in [-0.1, -0.05) is 6.07 Å². The van der Waals surface area contributed by atoms with E-state index in [1.807, 2.05) is 56.1 Å². The lowest BCUT2D eigenvalue weighted by atomic mass is 10.1. The summed E-state index contributed by atoms with van der Waals surface area (Å²) in [6, 6.07) is 7.53. The van der Waals surface area contributed by atoms with Gasteiger partial charge in [-0.05, 0) is 39.0 Å². The first kappa shape index (κ1) is 18.5. The number of carbonyl (C=O) groups excluding carboxylic acids is 2. The number of nitrogens with one attached hydrogen (secondary N) is 1. The average Bonchev–Trinajstić information content (AvgIpc) is 3.15. The highest BCUT2D eigenvalue weighted by atomic mass is 16.5. The second-order valence-electron chi connectivity index (χ2n) is 7.79. The molecule has 0 spiro atoms. The molecule has 1 N–H and O–H groups in total. The number of carbonyl (C=O) groups is 2. The van der Waals surface area contributed by atoms with Gasteiger partial charge in [0, 0.05) is 54.8 Å². The molecule has 2 aromatic rings. The first-order valence-corrected chi connectivity index (χ1v) is 8.99. The molecule has 6 nitrogen and oxygen atoms in total. The molecule has 0 saturated carbocycles. The molecule has 1 fully saturated rings. The minimum atomic E-state index is -0.227. The molecule has 2 heterocycles. The summed E-state index contributed by atoms with van der Waals surface area (Å²) >= 11 is 0. The monoisotopic (exact) mass is 357 g/mol. The first-order chi connectivity index (χ1) is 12.3. The Balaban J connectivity index is 1.77. The summed E-state index contributed by atoms with van der Waals surface area (Å²) < 4.78 is 7.22. The van der Waals surface area contributed by atoms with Crippen LogP contribution in [-0.2, 0) is 16.1 Å². The summed E-state index contributed by atoms with van der Waals surface area (Å²) in [5, 5.41) is 3.95. The molecule has 1 saturated heterocycles. The molecule has 1 aromatic heterocycles. The molecule has 0 aliphatic carbocycles. The van der Waals surface area contributed by atoms with Crippen molar-refractivity contribution in [3.05, 3.63) is 36.0 Å². The van der Waals surface area contributed by atoms with Crippen molar-refractivity contribution in [2.24, 2.45) is 0 Å². The van der Waals surface area contributed by atoms with Crippen LogP contribution in [0.5, 0.6) is 0 Å². The average molecular weight is 357 g/mol. The number of methoxy groups -OCH3 is 1. The van der Waals surface area contributed by atoms with Gasteiger partial charge >= 0.3 is 0 Å². The third-order valence-electron chi connectivity index (χ3n) is 4.86. The second-order valence-corrected chi connectivity index (χ2v) is 7.79. The lowest BCUT2D eigenvalue weighted by Crippen LogP contribution is -2.44. The fourth-order valence-electron chi connectivity index (χ4n) is 3.52. The number of benzene rings is 1. The minimum Gasteiger partial charge on any atom is -0.383 e. The van der Waals surface area contributed by atoms with Crippen LogP contribution in [0, 0.1) is 0 Å². The maximum absolute atomic E-state index is 12.8. The normalized spacial score (nSPS) is 17.9. The summed E-state index contributed by atoms with van der Waals surface area (Å²) in [6.07, 6.45) is 2.33. The maximum Gasteiger partial charge on any atom is 0.252 e. The number of rotatable bonds is 5. The Hall–Kier alpha value is -2.34. The van der Waals surface area contributed by atoms with E-state index in [-0.39, 0.29) is 23.4 Å². The van der Waals surface area contributed by atoms with Crippen LogP contribution in [0.3, 0.4) is 0 Å². The summed E-state index contributed by atoms with van der Waals surface area (Å²) in [5.74, 6) is -0.0413. The predicted octanol–water partition coefficient (Wildman–Crippen LogP) is 2.42. The van der Waals surface area contributed by atoms with Crippen LogP contribution >= 0.6 is 0 Å². The van der Waals surface area contributed by atoms with Crippen molar-refractivity contribution in [3.8, 4) is 0 Å². The number of aromatic nitrogens is 1. The van der Waals surface area contributed by atoms with E-state index < -0.39 is 0 Å². The van der Waals surface area contributed by atoms with Crippen molar-refractivity contribution >= 4 is 22.7 Å². The summed E-state index contributed by atoms with van der Waals surface area (Å²) in [7, 11) is 1.67. The molecule has 0 bridgehead atoms. The van der Waals surface area contributed by atoms with Crippen LogP contribution in [0.2, 0.25) is 0 Å². The van der Waals surface area contributed by atoms with Crippen molar-refractivity contribution in [2.45, 2.75) is 45.3 Å². The molecule has 1 atom stereocenters. The first-order valence-electron chi connectivity index (χ1n) is 8.99. The molecule has 1 aliphatic heterocycles. The summed E-state index contributed by atoms with van der Waals surface area (Å²) in [5.41, 5.74) is 1.42. The van der Waals surface area contributed by atoms with E-state index in [9.17, 15) is 9.59 Å². The van der Waals surface area contributed by atoms with E-state index >= 15 is 0 Å². The van der Waals surface area contributed by atoms with Gasteiger partial charge in [0.05, 0.1) is 12.6 Å². The van der Waals surface area contributed by atoms with Crippen molar-refractivity contribution in [3.63, 3.8) is 0 Å². The Kier molecular flexibility index (Phi) is 5.05. The van der Waals surface area contributed by atoms with Crippen LogP contribution in [0.25, 0.3) is 10.9 Å². The molecular weight excluding hydrogens is 330 g/mol. The van der Waals surface area contributed by atoms with E-state index in [1.165, 1.54) is 0 Å². The van der Waals surface area contributed by atoms with E-state index in [0.29, 0.717) is 25.1 Å². The molecule has 2 amide bonds. The standard InChI is InChI=1S/C20H27N3O3/c1-20(2,3)23-13-14(12-18(23)24)21-19(25)16-6-5-7-17-15(16)8-9-22(17)10-11-26-4/h5-9,14H,10-13H2,1-4H3,(H,21,25). The molecule has 1 unspecified atom stereocenters. The SMILES string of the molecule is COCCn1ccc2c(C(=O)NC3CC(=O)N(C(C)(C)C)C3)cccc21. The molecule has 1 aromatic carbocycles. The Labute approximate surface area is 154 Å². The van der Waals surface area contributed by atoms with Crippen molar-refractivity contribution in [1.82, 2.24) is 14.8 Å². The minimum absolute atomic E-state index is 0.0896. The number of hydrogen-bond donors (Lipinski definition) is 1. The van der Waals surface area contributed by atoms with Crippen LogP contribution in [-0.4, -0.2) is 53.1 Å². The Morgan fingerprint density at radius 1 is 1.31 bits per heavy atom. The van der Waals surface area contributed by atoms with Gasteiger partial charge in [-0.25, -0.2) is 0 Å². The predicted molar refractivity (Wildman–Crippen MR) is 101 cm³/mol. The number of fused-ring (bicyclic) bond motifs is 1. The van der Waals surface area contributed by atoms with Crippen molar-refractivity contribution in [1.29, 1.82) is 0 Å². The van der Waals surface area contributed by atoms with Crippen LogP contribution < -0.4 is 5.32 Å². The van der Waals surface area contributed by atoms with Gasteiger partial charge in [0.2, 0.25) is 5.91 Å². The fourth-order valence-corrected chi connectivity index (χ4v) is 3.52. The van der Waals surface area contributed by atoms with Gasteiger partial charge in [0.15, 0.2) is 0 Å². The van der Waals surface area contributed by atoms with Crippen LogP contribution in [0.15, 0.2) is 30.5 Å². The lowest BCUT2D eigenvalue weighted by molar-refractivity contribution is -0.131. The second kappa shape index (κ2) is 7.11. The van der Waals surface area contributed by atoms with Gasteiger partial charge in [-0.15, -0.1) is 0 Å². The Morgan fingerprint density at radius 3 is 2.73 bits per heavy atom. The molecule has 6 heteroatoms. The molecule has 3 rings (SSSR count). The largest absolute Gasteiger partial charge is 0.383 e. The molecule has 140 valence electrons. The number of likely N-dealkylation sites (tertiary alicyclic amines) is 1. The highest BCUT2D eigenvalue weighted by molar-refractivity contribution is 6.06. The number of amides is 2. The highest BCUT2D eigenvalue weighted by Crippen LogP contribution is 2.24. The highest BCUT2D eigenvalue weighted by Gasteiger charge is 2.36. The quantitative estimate of drug-likeness (QED) is 0.894. The zero-order valence-electron chi connectivity index (χ0n) is 15.9. The summed E-state index contributed by atoms with van der Waals surface area (Å²) in [4.78, 5) is 26.9. The van der Waals surface area contributed by atoms with E-state index in [1.54, 1.807) is 7.11 Å². The van der Waals surface area contributed by atoms with Crippen LogP contribution in [0.1, 0.15) is 37.6 Å². The smallest absolute Gasteiger partial charge is 0.252 e. The lowest BCUT2D eigenvalue weighted by Gasteiger charge is -2.32. The zero-order valence-corrected chi connectivity index (χ0v) is 15.9. The zero-order chi connectivity index (χ0) is 18.9. The Morgan fingerprint density at radius 2 is 2.08 bits per heavy atom. The van der Waals surface area contributed by atoms with E-state index in [0.717, 1.165) is 17.4 Å². The van der Waals surface area contributed by atoms with Crippen molar-refractivity contribution in [2.75, 3.05) is 20.3 Å².